The number of amides is 1. The molecule has 0 bridgehead atoms. The second kappa shape index (κ2) is 8.20. The lowest BCUT2D eigenvalue weighted by Gasteiger charge is -2.17. The predicted octanol–water partition coefficient (Wildman–Crippen LogP) is 3.46. The molecule has 0 saturated heterocycles. The third-order valence-corrected chi connectivity index (χ3v) is 4.19. The van der Waals surface area contributed by atoms with Gasteiger partial charge >= 0.3 is 0 Å². The summed E-state index contributed by atoms with van der Waals surface area (Å²) in [4.78, 5) is 16.2. The van der Waals surface area contributed by atoms with Crippen LogP contribution in [0.2, 0.25) is 5.02 Å². The zero-order valence-corrected chi connectivity index (χ0v) is 15.2. The number of benzene rings is 2. The van der Waals surface area contributed by atoms with Crippen molar-refractivity contribution in [2.45, 2.75) is 0 Å². The predicted molar refractivity (Wildman–Crippen MR) is 99.9 cm³/mol. The van der Waals surface area contributed by atoms with Gasteiger partial charge in [0.1, 0.15) is 18.2 Å². The molecule has 0 aliphatic rings. The summed E-state index contributed by atoms with van der Waals surface area (Å²) in [5, 5.41) is -0.0556. The van der Waals surface area contributed by atoms with Gasteiger partial charge in [-0.3, -0.25) is 4.79 Å². The molecule has 1 heterocycles. The first-order valence-corrected chi connectivity index (χ1v) is 8.42. The topological polar surface area (TPSA) is 79.4 Å². The SMILES string of the molecule is COCCOc1cc(C(N)=O)c(-c2ccc(F)c(Cl)c2)c(-n2ccnc2)c1. The Morgan fingerprint density at radius 1 is 1.30 bits per heavy atom. The monoisotopic (exact) mass is 389 g/mol. The van der Waals surface area contributed by atoms with E-state index in [1.165, 1.54) is 18.2 Å². The fourth-order valence-corrected chi connectivity index (χ4v) is 2.86. The first-order valence-electron chi connectivity index (χ1n) is 8.04. The van der Waals surface area contributed by atoms with E-state index in [9.17, 15) is 9.18 Å². The average Bonchev–Trinajstić information content (AvgIpc) is 3.18. The van der Waals surface area contributed by atoms with Gasteiger partial charge in [-0.2, -0.15) is 0 Å². The first kappa shape index (κ1) is 18.9. The van der Waals surface area contributed by atoms with Gasteiger partial charge < -0.3 is 19.8 Å². The van der Waals surface area contributed by atoms with Crippen LogP contribution in [-0.4, -0.2) is 35.8 Å². The molecule has 0 unspecified atom stereocenters. The summed E-state index contributed by atoms with van der Waals surface area (Å²) >= 11 is 5.94. The van der Waals surface area contributed by atoms with Crippen LogP contribution in [0.1, 0.15) is 10.4 Å². The van der Waals surface area contributed by atoms with E-state index in [0.717, 1.165) is 0 Å². The molecule has 3 rings (SSSR count). The number of carbonyl (C=O) groups excluding carboxylic acids is 1. The Bertz CT molecular complexity index is 961. The highest BCUT2D eigenvalue weighted by atomic mass is 35.5. The maximum absolute atomic E-state index is 13.6. The Labute approximate surface area is 160 Å². The average molecular weight is 390 g/mol. The number of nitrogens with two attached hydrogens (primary N) is 1. The summed E-state index contributed by atoms with van der Waals surface area (Å²) < 4.78 is 26.0. The van der Waals surface area contributed by atoms with E-state index in [1.54, 1.807) is 42.5 Å². The van der Waals surface area contributed by atoms with E-state index in [0.29, 0.717) is 35.8 Å². The van der Waals surface area contributed by atoms with Gasteiger partial charge in [-0.05, 0) is 23.8 Å². The molecule has 0 radical (unpaired) electrons. The van der Waals surface area contributed by atoms with Gasteiger partial charge in [0.05, 0.1) is 29.2 Å². The fraction of sp³-hybridized carbons (Fsp3) is 0.158. The largest absolute Gasteiger partial charge is 0.491 e. The number of carbonyl (C=O) groups is 1. The van der Waals surface area contributed by atoms with Crippen LogP contribution in [0.5, 0.6) is 5.75 Å². The van der Waals surface area contributed by atoms with Gasteiger partial charge in [-0.15, -0.1) is 0 Å². The number of imidazole rings is 1. The van der Waals surface area contributed by atoms with Gasteiger partial charge in [0, 0.05) is 31.1 Å². The van der Waals surface area contributed by atoms with E-state index < -0.39 is 11.7 Å². The summed E-state index contributed by atoms with van der Waals surface area (Å²) in [6, 6.07) is 7.52. The minimum absolute atomic E-state index is 0.0556. The molecule has 27 heavy (non-hydrogen) atoms. The summed E-state index contributed by atoms with van der Waals surface area (Å²) in [5.41, 5.74) is 7.47. The lowest BCUT2D eigenvalue weighted by Crippen LogP contribution is -2.15. The molecule has 1 aromatic heterocycles. The fourth-order valence-electron chi connectivity index (χ4n) is 2.68. The Hall–Kier alpha value is -2.90. The maximum atomic E-state index is 13.6. The molecule has 2 aromatic carbocycles. The number of hydrogen-bond acceptors (Lipinski definition) is 4. The van der Waals surface area contributed by atoms with Gasteiger partial charge in [0.15, 0.2) is 0 Å². The summed E-state index contributed by atoms with van der Waals surface area (Å²) in [6.07, 6.45) is 4.89. The standard InChI is InChI=1S/C19H17ClFN3O3/c1-26-6-7-27-13-9-14(19(22)25)18(12-2-3-16(21)15(20)8-12)17(10-13)24-5-4-23-11-24/h2-5,8-11H,6-7H2,1H3,(H2,22,25). The molecule has 0 aliphatic carbocycles. The number of aromatic nitrogens is 2. The Kier molecular flexibility index (Phi) is 5.73. The Morgan fingerprint density at radius 2 is 2.11 bits per heavy atom. The van der Waals surface area contributed by atoms with Crippen LogP contribution in [0, 0.1) is 5.82 Å². The van der Waals surface area contributed by atoms with Gasteiger partial charge in [0.25, 0.3) is 0 Å². The molecule has 0 fully saturated rings. The first-order chi connectivity index (χ1) is 13.0. The van der Waals surface area contributed by atoms with E-state index in [1.807, 2.05) is 0 Å². The molecular weight excluding hydrogens is 373 g/mol. The van der Waals surface area contributed by atoms with Crippen molar-refractivity contribution in [3.8, 4) is 22.6 Å². The lowest BCUT2D eigenvalue weighted by molar-refractivity contribution is 0.1000. The molecule has 0 spiro atoms. The second-order valence-electron chi connectivity index (χ2n) is 5.67. The maximum Gasteiger partial charge on any atom is 0.249 e. The summed E-state index contributed by atoms with van der Waals surface area (Å²) in [7, 11) is 1.57. The van der Waals surface area contributed by atoms with Crippen molar-refractivity contribution in [2.24, 2.45) is 5.73 Å². The molecule has 0 aliphatic heterocycles. The van der Waals surface area contributed by atoms with E-state index in [2.05, 4.69) is 4.98 Å². The van der Waals surface area contributed by atoms with Crippen LogP contribution in [0.15, 0.2) is 49.1 Å². The zero-order valence-electron chi connectivity index (χ0n) is 14.5. The normalized spacial score (nSPS) is 10.8. The number of nitrogens with zero attached hydrogens (tertiary/aromatic N) is 2. The van der Waals surface area contributed by atoms with Crippen molar-refractivity contribution in [1.29, 1.82) is 0 Å². The van der Waals surface area contributed by atoms with Crippen molar-refractivity contribution in [3.63, 3.8) is 0 Å². The van der Waals surface area contributed by atoms with Crippen molar-refractivity contribution in [1.82, 2.24) is 9.55 Å². The Balaban J connectivity index is 2.22. The molecule has 0 saturated carbocycles. The highest BCUT2D eigenvalue weighted by molar-refractivity contribution is 6.31. The van der Waals surface area contributed by atoms with Crippen LogP contribution < -0.4 is 10.5 Å². The molecule has 0 atom stereocenters. The van der Waals surface area contributed by atoms with Crippen molar-refractivity contribution < 1.29 is 18.7 Å². The van der Waals surface area contributed by atoms with Gasteiger partial charge in [-0.25, -0.2) is 9.37 Å². The van der Waals surface area contributed by atoms with Crippen molar-refractivity contribution in [2.75, 3.05) is 20.3 Å². The summed E-state index contributed by atoms with van der Waals surface area (Å²) in [6.45, 7) is 0.696. The highest BCUT2D eigenvalue weighted by Crippen LogP contribution is 2.36. The van der Waals surface area contributed by atoms with Crippen LogP contribution in [0.25, 0.3) is 16.8 Å². The summed E-state index contributed by atoms with van der Waals surface area (Å²) in [5.74, 6) is -0.754. The van der Waals surface area contributed by atoms with Crippen LogP contribution >= 0.6 is 11.6 Å². The molecule has 3 aromatic rings. The number of rotatable bonds is 7. The molecule has 140 valence electrons. The number of methoxy groups -OCH3 is 1. The van der Waals surface area contributed by atoms with E-state index >= 15 is 0 Å². The van der Waals surface area contributed by atoms with Crippen LogP contribution in [0.3, 0.4) is 0 Å². The van der Waals surface area contributed by atoms with Gasteiger partial charge in [0.2, 0.25) is 5.91 Å². The minimum atomic E-state index is -0.649. The van der Waals surface area contributed by atoms with E-state index in [4.69, 9.17) is 26.8 Å². The van der Waals surface area contributed by atoms with Gasteiger partial charge in [-0.1, -0.05) is 17.7 Å². The molecule has 6 nitrogen and oxygen atoms in total. The Morgan fingerprint density at radius 3 is 2.74 bits per heavy atom. The number of halogens is 2. The number of primary amides is 1. The highest BCUT2D eigenvalue weighted by Gasteiger charge is 2.19. The lowest BCUT2D eigenvalue weighted by atomic mass is 9.96. The third-order valence-electron chi connectivity index (χ3n) is 3.90. The van der Waals surface area contributed by atoms with Crippen molar-refractivity contribution in [3.05, 3.63) is 65.5 Å². The second-order valence-corrected chi connectivity index (χ2v) is 6.08. The van der Waals surface area contributed by atoms with Crippen LogP contribution in [0.4, 0.5) is 4.39 Å². The van der Waals surface area contributed by atoms with Crippen molar-refractivity contribution >= 4 is 17.5 Å². The third kappa shape index (κ3) is 4.10. The smallest absolute Gasteiger partial charge is 0.249 e. The number of hydrogen-bond donors (Lipinski definition) is 1. The van der Waals surface area contributed by atoms with E-state index in [-0.39, 0.29) is 10.6 Å². The molecule has 2 N–H and O–H groups in total. The molecule has 1 amide bonds. The number of ether oxygens (including phenoxy) is 2. The molecular formula is C19H17ClFN3O3. The zero-order chi connectivity index (χ0) is 19.4. The quantitative estimate of drug-likeness (QED) is 0.627. The molecule has 8 heteroatoms. The van der Waals surface area contributed by atoms with Crippen LogP contribution in [-0.2, 0) is 4.74 Å². The minimum Gasteiger partial charge on any atom is -0.491 e.